The molecule has 2 bridgehead atoms. The van der Waals surface area contributed by atoms with Gasteiger partial charge in [-0.05, 0) is 74.6 Å². The van der Waals surface area contributed by atoms with Gasteiger partial charge in [0.05, 0.1) is 4.90 Å². The zero-order valence-corrected chi connectivity index (χ0v) is 16.8. The van der Waals surface area contributed by atoms with Crippen molar-refractivity contribution in [1.82, 2.24) is 9.62 Å². The number of benzene rings is 2. The van der Waals surface area contributed by atoms with E-state index in [-0.39, 0.29) is 28.9 Å². The van der Waals surface area contributed by atoms with E-state index in [0.717, 1.165) is 6.07 Å². The van der Waals surface area contributed by atoms with Gasteiger partial charge in [0.25, 0.3) is 5.91 Å². The lowest BCUT2D eigenvalue weighted by Gasteiger charge is -2.38. The zero-order valence-electron chi connectivity index (χ0n) is 15.9. The van der Waals surface area contributed by atoms with Crippen LogP contribution in [0.1, 0.15) is 41.6 Å². The summed E-state index contributed by atoms with van der Waals surface area (Å²) < 4.78 is 54.7. The number of sulfonamides is 1. The van der Waals surface area contributed by atoms with Crippen LogP contribution in [0, 0.1) is 18.6 Å². The van der Waals surface area contributed by atoms with Crippen molar-refractivity contribution in [2.24, 2.45) is 0 Å². The van der Waals surface area contributed by atoms with E-state index < -0.39 is 21.7 Å². The molecule has 0 aliphatic carbocycles. The third-order valence-corrected chi connectivity index (χ3v) is 7.83. The first kappa shape index (κ1) is 20.0. The molecule has 0 aromatic heterocycles. The van der Waals surface area contributed by atoms with E-state index in [1.807, 2.05) is 0 Å². The molecule has 0 radical (unpaired) electrons. The Bertz CT molecular complexity index is 1030. The van der Waals surface area contributed by atoms with Crippen molar-refractivity contribution >= 4 is 15.9 Å². The molecule has 8 heteroatoms. The first-order valence-electron chi connectivity index (χ1n) is 9.62. The van der Waals surface area contributed by atoms with Crippen molar-refractivity contribution in [3.63, 3.8) is 0 Å². The summed E-state index contributed by atoms with van der Waals surface area (Å²) in [4.78, 5) is 12.4. The number of fused-ring (bicyclic) bond motifs is 2. The molecular weight excluding hydrogens is 398 g/mol. The zero-order chi connectivity index (χ0) is 20.8. The number of carbonyl (C=O) groups excluding carboxylic acids is 1. The van der Waals surface area contributed by atoms with Crippen LogP contribution in [-0.2, 0) is 10.0 Å². The van der Waals surface area contributed by atoms with Crippen molar-refractivity contribution in [3.8, 4) is 0 Å². The molecule has 1 amide bonds. The van der Waals surface area contributed by atoms with Gasteiger partial charge in [-0.1, -0.05) is 6.07 Å². The minimum atomic E-state index is -3.81. The average Bonchev–Trinajstić information content (AvgIpc) is 2.96. The molecule has 154 valence electrons. The van der Waals surface area contributed by atoms with Crippen LogP contribution in [0.25, 0.3) is 0 Å². The lowest BCUT2D eigenvalue weighted by atomic mass is 9.99. The highest BCUT2D eigenvalue weighted by molar-refractivity contribution is 7.89. The predicted molar refractivity (Wildman–Crippen MR) is 104 cm³/mol. The number of piperidine rings is 1. The number of hydrogen-bond acceptors (Lipinski definition) is 3. The molecule has 2 aliphatic rings. The lowest BCUT2D eigenvalue weighted by molar-refractivity contribution is 0.0909. The fraction of sp³-hybridized carbons (Fsp3) is 0.381. The molecule has 2 aromatic rings. The van der Waals surface area contributed by atoms with Gasteiger partial charge < -0.3 is 5.32 Å². The summed E-state index contributed by atoms with van der Waals surface area (Å²) >= 11 is 0. The highest BCUT2D eigenvalue weighted by Crippen LogP contribution is 2.40. The summed E-state index contributed by atoms with van der Waals surface area (Å²) in [5.41, 5.74) is 0.762. The minimum Gasteiger partial charge on any atom is -0.349 e. The number of rotatable bonds is 4. The Labute approximate surface area is 168 Å². The summed E-state index contributed by atoms with van der Waals surface area (Å²) in [6.07, 6.45) is 2.41. The van der Waals surface area contributed by atoms with Crippen molar-refractivity contribution in [1.29, 1.82) is 0 Å². The first-order chi connectivity index (χ1) is 13.8. The average molecular weight is 420 g/mol. The van der Waals surface area contributed by atoms with E-state index >= 15 is 0 Å². The summed E-state index contributed by atoms with van der Waals surface area (Å²) in [5.74, 6) is -1.25. The fourth-order valence-corrected chi connectivity index (χ4v) is 6.27. The standard InChI is InChI=1S/C21H22F2N2O3S/c1-13-2-9-19(12-20(13)23)29(27,28)25-17-7-8-18(25)11-16(10-17)24-21(26)14-3-5-15(22)6-4-14/h2-6,9,12,16-18H,7-8,10-11H2,1H3,(H,24,26)/t16?,17-,18+. The summed E-state index contributed by atoms with van der Waals surface area (Å²) in [5, 5.41) is 2.94. The van der Waals surface area contributed by atoms with Crippen molar-refractivity contribution in [2.75, 3.05) is 0 Å². The van der Waals surface area contributed by atoms with Gasteiger partial charge in [-0.2, -0.15) is 4.31 Å². The van der Waals surface area contributed by atoms with Crippen molar-refractivity contribution in [2.45, 2.75) is 55.6 Å². The maximum absolute atomic E-state index is 13.9. The summed E-state index contributed by atoms with van der Waals surface area (Å²) in [6.45, 7) is 1.59. The molecule has 3 atom stereocenters. The number of halogens is 2. The summed E-state index contributed by atoms with van der Waals surface area (Å²) in [7, 11) is -3.81. The molecule has 2 aliphatic heterocycles. The van der Waals surface area contributed by atoms with Crippen LogP contribution >= 0.6 is 0 Å². The molecule has 2 aromatic carbocycles. The molecule has 2 saturated heterocycles. The third-order valence-electron chi connectivity index (χ3n) is 5.83. The van der Waals surface area contributed by atoms with Crippen LogP contribution in [0.15, 0.2) is 47.4 Å². The van der Waals surface area contributed by atoms with Gasteiger partial charge in [-0.3, -0.25) is 4.79 Å². The second-order valence-electron chi connectivity index (χ2n) is 7.78. The quantitative estimate of drug-likeness (QED) is 0.825. The van der Waals surface area contributed by atoms with Crippen LogP contribution in [0.2, 0.25) is 0 Å². The predicted octanol–water partition coefficient (Wildman–Crippen LogP) is 3.39. The molecule has 4 rings (SSSR count). The topological polar surface area (TPSA) is 66.5 Å². The van der Waals surface area contributed by atoms with Crippen LogP contribution in [0.4, 0.5) is 8.78 Å². The van der Waals surface area contributed by atoms with Crippen LogP contribution in [-0.4, -0.2) is 36.8 Å². The van der Waals surface area contributed by atoms with Crippen LogP contribution < -0.4 is 5.32 Å². The number of aryl methyl sites for hydroxylation is 1. The molecule has 5 nitrogen and oxygen atoms in total. The van der Waals surface area contributed by atoms with Gasteiger partial charge in [0.2, 0.25) is 10.0 Å². The van der Waals surface area contributed by atoms with Gasteiger partial charge in [-0.25, -0.2) is 17.2 Å². The number of hydrogen-bond donors (Lipinski definition) is 1. The van der Waals surface area contributed by atoms with Gasteiger partial charge >= 0.3 is 0 Å². The fourth-order valence-electron chi connectivity index (χ4n) is 4.37. The Morgan fingerprint density at radius 2 is 1.66 bits per heavy atom. The highest BCUT2D eigenvalue weighted by Gasteiger charge is 2.47. The van der Waals surface area contributed by atoms with Gasteiger partial charge in [0.15, 0.2) is 0 Å². The second-order valence-corrected chi connectivity index (χ2v) is 9.62. The molecule has 0 spiro atoms. The van der Waals surface area contributed by atoms with E-state index in [0.29, 0.717) is 36.8 Å². The maximum atomic E-state index is 13.9. The number of carbonyl (C=O) groups is 1. The Balaban J connectivity index is 1.49. The molecular formula is C21H22F2N2O3S. The maximum Gasteiger partial charge on any atom is 0.251 e. The first-order valence-corrected chi connectivity index (χ1v) is 11.1. The number of amides is 1. The third kappa shape index (κ3) is 3.79. The molecule has 29 heavy (non-hydrogen) atoms. The highest BCUT2D eigenvalue weighted by atomic mass is 32.2. The SMILES string of the molecule is Cc1ccc(S(=O)(=O)N2[C@@H]3CC[C@H]2CC(NC(=O)c2ccc(F)cc2)C3)cc1F. The second kappa shape index (κ2) is 7.50. The van der Waals surface area contributed by atoms with Gasteiger partial charge in [0.1, 0.15) is 11.6 Å². The number of nitrogens with zero attached hydrogens (tertiary/aromatic N) is 1. The molecule has 0 saturated carbocycles. The van der Waals surface area contributed by atoms with Gasteiger partial charge in [-0.15, -0.1) is 0 Å². The van der Waals surface area contributed by atoms with E-state index in [4.69, 9.17) is 0 Å². The Hall–Kier alpha value is -2.32. The van der Waals surface area contributed by atoms with Crippen molar-refractivity contribution in [3.05, 3.63) is 65.2 Å². The van der Waals surface area contributed by atoms with E-state index in [1.54, 1.807) is 6.92 Å². The normalized spacial score (nSPS) is 24.4. The number of nitrogens with one attached hydrogen (secondary N) is 1. The monoisotopic (exact) mass is 420 g/mol. The Morgan fingerprint density at radius 1 is 1.03 bits per heavy atom. The van der Waals surface area contributed by atoms with Crippen LogP contribution in [0.5, 0.6) is 0 Å². The largest absolute Gasteiger partial charge is 0.349 e. The Morgan fingerprint density at radius 3 is 2.24 bits per heavy atom. The Kier molecular flexibility index (Phi) is 5.16. The smallest absolute Gasteiger partial charge is 0.251 e. The van der Waals surface area contributed by atoms with E-state index in [1.165, 1.54) is 40.7 Å². The molecule has 2 fully saturated rings. The lowest BCUT2D eigenvalue weighted by Crippen LogP contribution is -2.52. The molecule has 2 heterocycles. The molecule has 1 N–H and O–H groups in total. The summed E-state index contributed by atoms with van der Waals surface area (Å²) in [6, 6.07) is 8.66. The van der Waals surface area contributed by atoms with E-state index in [2.05, 4.69) is 5.32 Å². The minimum absolute atomic E-state index is 0.0358. The molecule has 1 unspecified atom stereocenters. The van der Waals surface area contributed by atoms with Crippen molar-refractivity contribution < 1.29 is 22.0 Å². The van der Waals surface area contributed by atoms with Crippen LogP contribution in [0.3, 0.4) is 0 Å². The van der Waals surface area contributed by atoms with E-state index in [9.17, 15) is 22.0 Å². The van der Waals surface area contributed by atoms with Gasteiger partial charge in [0, 0.05) is 23.7 Å².